The third-order valence-electron chi connectivity index (χ3n) is 4.31. The number of nitrogens with zero attached hydrogens (tertiary/aromatic N) is 1. The molecular formula is C17H26N2O4S. The Morgan fingerprint density at radius 3 is 2.62 bits per heavy atom. The van der Waals surface area contributed by atoms with Crippen LogP contribution in [0, 0.1) is 0 Å². The molecule has 134 valence electrons. The van der Waals surface area contributed by atoms with Crippen LogP contribution in [0.1, 0.15) is 37.8 Å². The molecule has 1 aromatic carbocycles. The highest BCUT2D eigenvalue weighted by Gasteiger charge is 2.43. The van der Waals surface area contributed by atoms with E-state index in [9.17, 15) is 14.1 Å². The molecule has 1 aliphatic rings. The second-order valence-electron chi connectivity index (χ2n) is 7.03. The summed E-state index contributed by atoms with van der Waals surface area (Å²) in [4.78, 5) is 13.4. The molecule has 3 atom stereocenters. The number of hydrogen-bond donors (Lipinski definition) is 3. The average molecular weight is 354 g/mol. The monoisotopic (exact) mass is 354 g/mol. The molecule has 0 bridgehead atoms. The van der Waals surface area contributed by atoms with E-state index in [0.717, 1.165) is 11.1 Å². The number of carbonyl (C=O) groups is 1. The molecule has 24 heavy (non-hydrogen) atoms. The van der Waals surface area contributed by atoms with Crippen molar-refractivity contribution in [2.24, 2.45) is 0 Å². The summed E-state index contributed by atoms with van der Waals surface area (Å²) in [7, 11) is -1.32. The van der Waals surface area contributed by atoms with Crippen molar-refractivity contribution in [2.75, 3.05) is 18.9 Å². The van der Waals surface area contributed by atoms with Gasteiger partial charge in [-0.25, -0.2) is 13.7 Å². The predicted octanol–water partition coefficient (Wildman–Crippen LogP) is 1.72. The molecule has 0 saturated heterocycles. The normalized spacial score (nSPS) is 21.3. The van der Waals surface area contributed by atoms with Gasteiger partial charge in [0.1, 0.15) is 0 Å². The Morgan fingerprint density at radius 2 is 2.04 bits per heavy atom. The van der Waals surface area contributed by atoms with Gasteiger partial charge in [-0.3, -0.25) is 4.90 Å². The zero-order valence-corrected chi connectivity index (χ0v) is 15.2. The minimum Gasteiger partial charge on any atom is -0.465 e. The van der Waals surface area contributed by atoms with Gasteiger partial charge in [-0.05, 0) is 38.3 Å². The van der Waals surface area contributed by atoms with E-state index in [1.807, 2.05) is 45.0 Å². The molecular weight excluding hydrogens is 328 g/mol. The van der Waals surface area contributed by atoms with E-state index in [0.29, 0.717) is 12.2 Å². The molecule has 1 unspecified atom stereocenters. The van der Waals surface area contributed by atoms with Crippen molar-refractivity contribution in [3.05, 3.63) is 35.4 Å². The maximum absolute atomic E-state index is 12.3. The Labute approximate surface area is 145 Å². The van der Waals surface area contributed by atoms with Gasteiger partial charge >= 0.3 is 6.09 Å². The molecule has 0 aromatic heterocycles. The highest BCUT2D eigenvalue weighted by molar-refractivity contribution is 7.83. The number of rotatable bonds is 6. The van der Waals surface area contributed by atoms with Crippen molar-refractivity contribution in [2.45, 2.75) is 44.7 Å². The second-order valence-corrected chi connectivity index (χ2v) is 8.34. The van der Waals surface area contributed by atoms with Crippen LogP contribution >= 0.6 is 0 Å². The second kappa shape index (κ2) is 7.63. The van der Waals surface area contributed by atoms with Crippen LogP contribution in [0.2, 0.25) is 0 Å². The molecule has 0 fully saturated rings. The van der Waals surface area contributed by atoms with E-state index in [-0.39, 0.29) is 25.1 Å². The Morgan fingerprint density at radius 1 is 1.38 bits per heavy atom. The summed E-state index contributed by atoms with van der Waals surface area (Å²) in [6, 6.07) is 7.63. The summed E-state index contributed by atoms with van der Waals surface area (Å²) < 4.78 is 15.1. The molecule has 0 radical (unpaired) electrons. The van der Waals surface area contributed by atoms with Gasteiger partial charge in [-0.15, -0.1) is 0 Å². The van der Waals surface area contributed by atoms with Crippen LogP contribution in [0.25, 0.3) is 0 Å². The van der Waals surface area contributed by atoms with Gasteiger partial charge in [-0.1, -0.05) is 24.3 Å². The molecule has 0 spiro atoms. The quantitative estimate of drug-likeness (QED) is 0.726. The maximum atomic E-state index is 12.3. The number of aliphatic hydroxyl groups is 1. The first kappa shape index (κ1) is 18.9. The number of carboxylic acid groups (broad SMARTS) is 1. The van der Waals surface area contributed by atoms with E-state index >= 15 is 0 Å². The van der Waals surface area contributed by atoms with Crippen molar-refractivity contribution in [3.63, 3.8) is 0 Å². The molecule has 1 aliphatic carbocycles. The summed E-state index contributed by atoms with van der Waals surface area (Å²) in [6.07, 6.45) is -0.332. The third kappa shape index (κ3) is 4.15. The highest BCUT2D eigenvalue weighted by atomic mass is 32.2. The van der Waals surface area contributed by atoms with Crippen molar-refractivity contribution >= 4 is 17.1 Å². The lowest BCUT2D eigenvalue weighted by Gasteiger charge is -2.40. The van der Waals surface area contributed by atoms with Gasteiger partial charge in [-0.2, -0.15) is 0 Å². The van der Waals surface area contributed by atoms with Crippen LogP contribution in [0.5, 0.6) is 0 Å². The van der Waals surface area contributed by atoms with E-state index < -0.39 is 22.6 Å². The number of benzene rings is 1. The van der Waals surface area contributed by atoms with Gasteiger partial charge < -0.3 is 10.2 Å². The van der Waals surface area contributed by atoms with Crippen molar-refractivity contribution < 1.29 is 19.2 Å². The van der Waals surface area contributed by atoms with Crippen LogP contribution in [0.4, 0.5) is 4.79 Å². The van der Waals surface area contributed by atoms with Crippen molar-refractivity contribution in [1.29, 1.82) is 0 Å². The predicted molar refractivity (Wildman–Crippen MR) is 94.4 cm³/mol. The molecule has 2 rings (SSSR count). The van der Waals surface area contributed by atoms with Gasteiger partial charge in [0, 0.05) is 29.8 Å². The topological polar surface area (TPSA) is 89.9 Å². The standard InChI is InChI=1S/C17H26N2O4S/c1-17(2,3)19(16(21)22)15-10-12-6-4-5-7-13(12)14(15)11-24(23)18-8-9-20/h4-7,14-15,18,20H,8-11H2,1-3H3,(H,21,22)/t14-,15+,24?/m0/s1. The van der Waals surface area contributed by atoms with E-state index in [4.69, 9.17) is 5.11 Å². The molecule has 7 heteroatoms. The minimum atomic E-state index is -1.32. The molecule has 6 nitrogen and oxygen atoms in total. The molecule has 0 aliphatic heterocycles. The first-order chi connectivity index (χ1) is 11.3. The van der Waals surface area contributed by atoms with Crippen LogP contribution in [0.15, 0.2) is 24.3 Å². The summed E-state index contributed by atoms with van der Waals surface area (Å²) in [5.41, 5.74) is 1.64. The fourth-order valence-corrected chi connectivity index (χ4v) is 4.60. The third-order valence-corrected chi connectivity index (χ3v) is 5.50. The van der Waals surface area contributed by atoms with E-state index in [2.05, 4.69) is 4.72 Å². The summed E-state index contributed by atoms with van der Waals surface area (Å²) in [6.45, 7) is 5.81. The lowest BCUT2D eigenvalue weighted by molar-refractivity contribution is 0.0666. The lowest BCUT2D eigenvalue weighted by atomic mass is 9.95. The molecule has 1 aromatic rings. The minimum absolute atomic E-state index is 0.0837. The Hall–Kier alpha value is -1.44. The Bertz CT molecular complexity index is 615. The number of hydrogen-bond acceptors (Lipinski definition) is 3. The fourth-order valence-electron chi connectivity index (χ4n) is 3.44. The molecule has 0 heterocycles. The summed E-state index contributed by atoms with van der Waals surface area (Å²) >= 11 is 0. The van der Waals surface area contributed by atoms with Crippen LogP contribution < -0.4 is 4.72 Å². The van der Waals surface area contributed by atoms with Crippen LogP contribution in [0.3, 0.4) is 0 Å². The molecule has 3 N–H and O–H groups in total. The van der Waals surface area contributed by atoms with E-state index in [1.54, 1.807) is 0 Å². The van der Waals surface area contributed by atoms with Gasteiger partial charge in [0.15, 0.2) is 0 Å². The van der Waals surface area contributed by atoms with Gasteiger partial charge in [0.2, 0.25) is 0 Å². The largest absolute Gasteiger partial charge is 0.465 e. The first-order valence-corrected chi connectivity index (χ1v) is 9.40. The van der Waals surface area contributed by atoms with Gasteiger partial charge in [0.05, 0.1) is 17.6 Å². The lowest BCUT2D eigenvalue weighted by Crippen LogP contribution is -2.53. The maximum Gasteiger partial charge on any atom is 0.408 e. The van der Waals surface area contributed by atoms with Crippen molar-refractivity contribution in [1.82, 2.24) is 9.62 Å². The number of fused-ring (bicyclic) bond motifs is 1. The van der Waals surface area contributed by atoms with E-state index in [1.165, 1.54) is 4.90 Å². The Kier molecular flexibility index (Phi) is 6.01. The highest BCUT2D eigenvalue weighted by Crippen LogP contribution is 2.39. The zero-order valence-electron chi connectivity index (χ0n) is 14.4. The number of nitrogens with one attached hydrogen (secondary N) is 1. The van der Waals surface area contributed by atoms with Crippen molar-refractivity contribution in [3.8, 4) is 0 Å². The number of amides is 1. The summed E-state index contributed by atoms with van der Waals surface area (Å²) in [5, 5.41) is 18.6. The molecule has 0 saturated carbocycles. The van der Waals surface area contributed by atoms with Crippen LogP contribution in [-0.4, -0.2) is 55.9 Å². The average Bonchev–Trinajstić information content (AvgIpc) is 2.81. The van der Waals surface area contributed by atoms with Gasteiger partial charge in [0.25, 0.3) is 0 Å². The number of aliphatic hydroxyl groups excluding tert-OH is 1. The SMILES string of the molecule is CC(C)(C)N(C(=O)O)[C@@H]1Cc2ccccc2[C@@H]1CS(=O)NCCO. The zero-order chi connectivity index (χ0) is 17.9. The molecule has 1 amide bonds. The Balaban J connectivity index is 2.32. The fraction of sp³-hybridized carbons (Fsp3) is 0.588. The first-order valence-electron chi connectivity index (χ1n) is 8.08. The smallest absolute Gasteiger partial charge is 0.408 e. The van der Waals surface area contributed by atoms with Crippen LogP contribution in [-0.2, 0) is 17.4 Å². The summed E-state index contributed by atoms with van der Waals surface area (Å²) in [5.74, 6) is 0.185.